The Bertz CT molecular complexity index is 588. The third-order valence-electron chi connectivity index (χ3n) is 3.93. The fourth-order valence-electron chi connectivity index (χ4n) is 2.73. The van der Waals surface area contributed by atoms with Gasteiger partial charge in [0.1, 0.15) is 12.7 Å². The van der Waals surface area contributed by atoms with Crippen molar-refractivity contribution in [3.63, 3.8) is 0 Å². The van der Waals surface area contributed by atoms with Crippen molar-refractivity contribution in [3.8, 4) is 0 Å². The van der Waals surface area contributed by atoms with Gasteiger partial charge in [-0.3, -0.25) is 4.79 Å². The number of hydrogen-bond donors (Lipinski definition) is 2. The maximum Gasteiger partial charge on any atom is 0.224 e. The number of rotatable bonds is 6. The fraction of sp³-hybridized carbons (Fsp3) is 0.438. The molecule has 0 saturated carbocycles. The molecule has 6 heteroatoms. The summed E-state index contributed by atoms with van der Waals surface area (Å²) >= 11 is 0. The van der Waals surface area contributed by atoms with Crippen molar-refractivity contribution >= 4 is 11.6 Å². The largest absolute Gasteiger partial charge is 0.326 e. The van der Waals surface area contributed by atoms with Gasteiger partial charge in [0.05, 0.1) is 6.54 Å². The first-order valence-corrected chi connectivity index (χ1v) is 7.74. The van der Waals surface area contributed by atoms with Crippen LogP contribution in [0.3, 0.4) is 0 Å². The standard InChI is InChI=1S/C16H21N5O/c22-16(8-7-14-2-1-9-18-14)20-15-5-3-13(4-6-15)10-21-12-17-11-19-21/h3-6,11-12,14,18H,1-2,7-10H2,(H,20,22). The SMILES string of the molecule is O=C(CCC1CCCN1)Nc1ccc(Cn2cncn2)cc1. The van der Waals surface area contributed by atoms with Crippen LogP contribution in [0.15, 0.2) is 36.9 Å². The molecule has 2 N–H and O–H groups in total. The molecule has 2 aromatic rings. The number of carbonyl (C=O) groups excluding carboxylic acids is 1. The lowest BCUT2D eigenvalue weighted by Crippen LogP contribution is -2.23. The van der Waals surface area contributed by atoms with Crippen LogP contribution in [0.2, 0.25) is 0 Å². The zero-order valence-electron chi connectivity index (χ0n) is 12.5. The van der Waals surface area contributed by atoms with Crippen LogP contribution in [-0.4, -0.2) is 33.3 Å². The van der Waals surface area contributed by atoms with Gasteiger partial charge in [-0.1, -0.05) is 12.1 Å². The third kappa shape index (κ3) is 4.14. The van der Waals surface area contributed by atoms with E-state index in [0.717, 1.165) is 24.2 Å². The Kier molecular flexibility index (Phi) is 4.80. The molecule has 1 aliphatic heterocycles. The summed E-state index contributed by atoms with van der Waals surface area (Å²) < 4.78 is 1.77. The topological polar surface area (TPSA) is 71.8 Å². The average Bonchev–Trinajstić information content (AvgIpc) is 3.20. The van der Waals surface area contributed by atoms with Crippen molar-refractivity contribution in [1.82, 2.24) is 20.1 Å². The van der Waals surface area contributed by atoms with Gasteiger partial charge in [0.2, 0.25) is 5.91 Å². The Morgan fingerprint density at radius 1 is 1.36 bits per heavy atom. The van der Waals surface area contributed by atoms with E-state index < -0.39 is 0 Å². The van der Waals surface area contributed by atoms with Crippen LogP contribution < -0.4 is 10.6 Å². The quantitative estimate of drug-likeness (QED) is 0.853. The molecule has 1 saturated heterocycles. The van der Waals surface area contributed by atoms with E-state index in [9.17, 15) is 4.79 Å². The number of carbonyl (C=O) groups is 1. The lowest BCUT2D eigenvalue weighted by Gasteiger charge is -2.10. The van der Waals surface area contributed by atoms with Gasteiger partial charge in [-0.15, -0.1) is 0 Å². The summed E-state index contributed by atoms with van der Waals surface area (Å²) in [6.45, 7) is 1.76. The molecule has 1 unspecified atom stereocenters. The van der Waals surface area contributed by atoms with Crippen molar-refractivity contribution in [2.45, 2.75) is 38.3 Å². The molecule has 22 heavy (non-hydrogen) atoms. The van der Waals surface area contributed by atoms with Gasteiger partial charge >= 0.3 is 0 Å². The van der Waals surface area contributed by atoms with Crippen LogP contribution in [0.5, 0.6) is 0 Å². The Hall–Kier alpha value is -2.21. The van der Waals surface area contributed by atoms with Crippen molar-refractivity contribution in [2.24, 2.45) is 0 Å². The number of anilines is 1. The molecule has 3 rings (SSSR count). The maximum absolute atomic E-state index is 11.9. The Morgan fingerprint density at radius 3 is 2.91 bits per heavy atom. The van der Waals surface area contributed by atoms with Crippen LogP contribution in [-0.2, 0) is 11.3 Å². The molecule has 1 atom stereocenters. The molecule has 1 amide bonds. The highest BCUT2D eigenvalue weighted by Crippen LogP contribution is 2.13. The van der Waals surface area contributed by atoms with Gasteiger partial charge in [-0.05, 0) is 43.5 Å². The molecular weight excluding hydrogens is 278 g/mol. The predicted molar refractivity (Wildman–Crippen MR) is 84.5 cm³/mol. The van der Waals surface area contributed by atoms with E-state index in [0.29, 0.717) is 19.0 Å². The maximum atomic E-state index is 11.9. The summed E-state index contributed by atoms with van der Waals surface area (Å²) in [5, 5.41) is 10.4. The summed E-state index contributed by atoms with van der Waals surface area (Å²) in [7, 11) is 0. The number of benzene rings is 1. The number of nitrogens with one attached hydrogen (secondary N) is 2. The summed E-state index contributed by atoms with van der Waals surface area (Å²) in [6, 6.07) is 8.36. The highest BCUT2D eigenvalue weighted by atomic mass is 16.1. The van der Waals surface area contributed by atoms with Gasteiger partial charge < -0.3 is 10.6 Å². The molecule has 0 spiro atoms. The molecular formula is C16H21N5O. The van der Waals surface area contributed by atoms with Crippen molar-refractivity contribution < 1.29 is 4.79 Å². The van der Waals surface area contributed by atoms with E-state index in [2.05, 4.69) is 20.7 Å². The zero-order chi connectivity index (χ0) is 15.2. The normalized spacial score (nSPS) is 17.5. The molecule has 0 bridgehead atoms. The second-order valence-corrected chi connectivity index (χ2v) is 5.67. The first-order chi connectivity index (χ1) is 10.8. The molecule has 116 valence electrons. The van der Waals surface area contributed by atoms with E-state index in [-0.39, 0.29) is 5.91 Å². The van der Waals surface area contributed by atoms with Crippen LogP contribution in [0.25, 0.3) is 0 Å². The highest BCUT2D eigenvalue weighted by molar-refractivity contribution is 5.90. The van der Waals surface area contributed by atoms with Crippen LogP contribution in [0.4, 0.5) is 5.69 Å². The van der Waals surface area contributed by atoms with E-state index >= 15 is 0 Å². The Morgan fingerprint density at radius 2 is 2.23 bits per heavy atom. The molecule has 1 aliphatic rings. The number of nitrogens with zero attached hydrogens (tertiary/aromatic N) is 3. The minimum absolute atomic E-state index is 0.0812. The van der Waals surface area contributed by atoms with Crippen LogP contribution >= 0.6 is 0 Å². The Labute approximate surface area is 129 Å². The molecule has 1 aromatic heterocycles. The minimum atomic E-state index is 0.0812. The monoisotopic (exact) mass is 299 g/mol. The summed E-state index contributed by atoms with van der Waals surface area (Å²) in [4.78, 5) is 15.9. The second kappa shape index (κ2) is 7.17. The second-order valence-electron chi connectivity index (χ2n) is 5.67. The van der Waals surface area contributed by atoms with Gasteiger partial charge in [0.15, 0.2) is 0 Å². The van der Waals surface area contributed by atoms with Crippen molar-refractivity contribution in [3.05, 3.63) is 42.5 Å². The smallest absolute Gasteiger partial charge is 0.224 e. The first kappa shape index (κ1) is 14.7. The summed E-state index contributed by atoms with van der Waals surface area (Å²) in [6.07, 6.45) is 7.10. The molecule has 1 aromatic carbocycles. The van der Waals surface area contributed by atoms with E-state index in [1.54, 1.807) is 11.0 Å². The van der Waals surface area contributed by atoms with E-state index in [1.807, 2.05) is 24.3 Å². The lowest BCUT2D eigenvalue weighted by molar-refractivity contribution is -0.116. The van der Waals surface area contributed by atoms with Gasteiger partial charge in [0, 0.05) is 18.2 Å². The van der Waals surface area contributed by atoms with E-state index in [1.165, 1.54) is 19.2 Å². The summed E-state index contributed by atoms with van der Waals surface area (Å²) in [5.41, 5.74) is 1.96. The van der Waals surface area contributed by atoms with Crippen molar-refractivity contribution in [1.29, 1.82) is 0 Å². The lowest BCUT2D eigenvalue weighted by atomic mass is 10.1. The third-order valence-corrected chi connectivity index (χ3v) is 3.93. The molecule has 0 radical (unpaired) electrons. The van der Waals surface area contributed by atoms with Crippen LogP contribution in [0.1, 0.15) is 31.2 Å². The molecule has 1 fully saturated rings. The van der Waals surface area contributed by atoms with E-state index in [4.69, 9.17) is 0 Å². The predicted octanol–water partition coefficient (Wildman–Crippen LogP) is 1.80. The zero-order valence-corrected chi connectivity index (χ0v) is 12.5. The Balaban J connectivity index is 1.46. The highest BCUT2D eigenvalue weighted by Gasteiger charge is 2.15. The molecule has 6 nitrogen and oxygen atoms in total. The fourth-order valence-corrected chi connectivity index (χ4v) is 2.73. The number of aromatic nitrogens is 3. The van der Waals surface area contributed by atoms with Gasteiger partial charge in [-0.2, -0.15) is 5.10 Å². The number of hydrogen-bond acceptors (Lipinski definition) is 4. The molecule has 2 heterocycles. The number of amides is 1. The molecule has 0 aliphatic carbocycles. The minimum Gasteiger partial charge on any atom is -0.326 e. The van der Waals surface area contributed by atoms with Gasteiger partial charge in [-0.25, -0.2) is 9.67 Å². The van der Waals surface area contributed by atoms with Gasteiger partial charge in [0.25, 0.3) is 0 Å². The van der Waals surface area contributed by atoms with Crippen molar-refractivity contribution in [2.75, 3.05) is 11.9 Å². The average molecular weight is 299 g/mol. The first-order valence-electron chi connectivity index (χ1n) is 7.74. The van der Waals surface area contributed by atoms with Crippen LogP contribution in [0, 0.1) is 0 Å². The summed E-state index contributed by atoms with van der Waals surface area (Å²) in [5.74, 6) is 0.0812.